The molecular formula is C15H27N5O. The molecule has 1 spiro atoms. The van der Waals surface area contributed by atoms with Gasteiger partial charge in [0, 0.05) is 65.3 Å². The number of likely N-dealkylation sites (tertiary alicyclic amines) is 1. The molecule has 0 aliphatic carbocycles. The lowest BCUT2D eigenvalue weighted by Gasteiger charge is -2.53. The summed E-state index contributed by atoms with van der Waals surface area (Å²) >= 11 is 0. The van der Waals surface area contributed by atoms with Crippen molar-refractivity contribution in [2.45, 2.75) is 24.8 Å². The summed E-state index contributed by atoms with van der Waals surface area (Å²) in [6.45, 7) is 5.61. The summed E-state index contributed by atoms with van der Waals surface area (Å²) in [4.78, 5) is 20.5. The van der Waals surface area contributed by atoms with E-state index in [1.165, 1.54) is 0 Å². The van der Waals surface area contributed by atoms with Gasteiger partial charge in [0.2, 0.25) is 0 Å². The molecule has 2 saturated heterocycles. The smallest absolute Gasteiger partial charge is 0.319 e. The van der Waals surface area contributed by atoms with Crippen LogP contribution in [0.3, 0.4) is 0 Å². The average molecular weight is 293 g/mol. The van der Waals surface area contributed by atoms with Crippen LogP contribution in [0.1, 0.15) is 19.3 Å². The molecule has 0 aromatic rings. The summed E-state index contributed by atoms with van der Waals surface area (Å²) in [5.41, 5.74) is 0.146. The molecular weight excluding hydrogens is 266 g/mol. The molecule has 2 fully saturated rings. The first-order valence-corrected chi connectivity index (χ1v) is 7.75. The summed E-state index contributed by atoms with van der Waals surface area (Å²) in [6, 6.07) is 2.37. The third-order valence-corrected chi connectivity index (χ3v) is 4.83. The van der Waals surface area contributed by atoms with Crippen LogP contribution in [0.25, 0.3) is 0 Å². The topological polar surface area (TPSA) is 53.8 Å². The number of likely N-dealkylation sites (N-methyl/N-ethyl adjacent to an activating group) is 1. The van der Waals surface area contributed by atoms with E-state index in [1.807, 2.05) is 4.90 Å². The molecule has 2 aliphatic rings. The van der Waals surface area contributed by atoms with E-state index < -0.39 is 0 Å². The summed E-state index contributed by atoms with van der Waals surface area (Å²) in [6.07, 6.45) is 2.59. The van der Waals surface area contributed by atoms with Gasteiger partial charge >= 0.3 is 6.03 Å². The van der Waals surface area contributed by atoms with Crippen molar-refractivity contribution in [2.24, 2.45) is 0 Å². The first kappa shape index (κ1) is 16.1. The van der Waals surface area contributed by atoms with Crippen molar-refractivity contribution in [1.82, 2.24) is 19.6 Å². The lowest BCUT2D eigenvalue weighted by molar-refractivity contribution is -0.0286. The molecule has 0 atom stereocenters. The molecule has 2 aliphatic heterocycles. The molecule has 2 rings (SSSR count). The fourth-order valence-electron chi connectivity index (χ4n) is 3.62. The zero-order chi connectivity index (χ0) is 15.5. The van der Waals surface area contributed by atoms with E-state index in [2.05, 4.69) is 22.9 Å². The Morgan fingerprint density at radius 3 is 2.48 bits per heavy atom. The van der Waals surface area contributed by atoms with Crippen molar-refractivity contribution < 1.29 is 4.79 Å². The first-order chi connectivity index (χ1) is 9.98. The maximum Gasteiger partial charge on any atom is 0.319 e. The second kappa shape index (κ2) is 6.63. The summed E-state index contributed by atoms with van der Waals surface area (Å²) in [7, 11) is 5.78. The quantitative estimate of drug-likeness (QED) is 0.751. The number of amides is 2. The zero-order valence-corrected chi connectivity index (χ0v) is 13.5. The van der Waals surface area contributed by atoms with Crippen LogP contribution in [0, 0.1) is 11.3 Å². The van der Waals surface area contributed by atoms with Gasteiger partial charge in [0.25, 0.3) is 0 Å². The Labute approximate surface area is 127 Å². The van der Waals surface area contributed by atoms with Crippen molar-refractivity contribution in [3.8, 4) is 6.07 Å². The van der Waals surface area contributed by atoms with Crippen LogP contribution < -0.4 is 0 Å². The van der Waals surface area contributed by atoms with Crippen molar-refractivity contribution >= 4 is 6.03 Å². The van der Waals surface area contributed by atoms with Crippen LogP contribution in [-0.2, 0) is 0 Å². The van der Waals surface area contributed by atoms with Crippen molar-refractivity contribution in [2.75, 3.05) is 60.4 Å². The summed E-state index contributed by atoms with van der Waals surface area (Å²) < 4.78 is 0. The Morgan fingerprint density at radius 2 is 1.90 bits per heavy atom. The number of rotatable bonds is 2. The molecule has 6 heteroatoms. The summed E-state index contributed by atoms with van der Waals surface area (Å²) in [5.74, 6) is 0. The third kappa shape index (κ3) is 3.47. The van der Waals surface area contributed by atoms with Crippen LogP contribution in [0.15, 0.2) is 0 Å². The van der Waals surface area contributed by atoms with Gasteiger partial charge in [-0.1, -0.05) is 0 Å². The van der Waals surface area contributed by atoms with Crippen LogP contribution in [0.2, 0.25) is 0 Å². The second-order valence-corrected chi connectivity index (χ2v) is 6.52. The Balaban J connectivity index is 2.03. The Bertz CT molecular complexity index is 409. The van der Waals surface area contributed by atoms with E-state index in [0.717, 1.165) is 52.1 Å². The van der Waals surface area contributed by atoms with Gasteiger partial charge in [0.1, 0.15) is 0 Å². The highest BCUT2D eigenvalue weighted by molar-refractivity contribution is 5.73. The highest BCUT2D eigenvalue weighted by atomic mass is 16.2. The number of piperazine rings is 1. The van der Waals surface area contributed by atoms with Gasteiger partial charge in [-0.3, -0.25) is 4.90 Å². The average Bonchev–Trinajstić information content (AvgIpc) is 2.46. The van der Waals surface area contributed by atoms with Crippen LogP contribution >= 0.6 is 0 Å². The Hall–Kier alpha value is -1.32. The second-order valence-electron chi connectivity index (χ2n) is 6.52. The Morgan fingerprint density at radius 1 is 1.24 bits per heavy atom. The fourth-order valence-corrected chi connectivity index (χ4v) is 3.62. The molecule has 0 unspecified atom stereocenters. The van der Waals surface area contributed by atoms with E-state index in [0.29, 0.717) is 6.42 Å². The predicted molar refractivity (Wildman–Crippen MR) is 81.9 cm³/mol. The van der Waals surface area contributed by atoms with Crippen LogP contribution in [0.4, 0.5) is 4.79 Å². The third-order valence-electron chi connectivity index (χ3n) is 4.83. The van der Waals surface area contributed by atoms with E-state index in [9.17, 15) is 4.79 Å². The molecule has 0 bridgehead atoms. The molecule has 6 nitrogen and oxygen atoms in total. The number of nitrogens with zero attached hydrogens (tertiary/aromatic N) is 5. The summed E-state index contributed by atoms with van der Waals surface area (Å²) in [5, 5.41) is 8.87. The maximum atomic E-state index is 12.1. The number of hydrogen-bond donors (Lipinski definition) is 0. The monoisotopic (exact) mass is 293 g/mol. The van der Waals surface area contributed by atoms with Gasteiger partial charge in [-0.15, -0.1) is 0 Å². The number of hydrogen-bond acceptors (Lipinski definition) is 4. The molecule has 0 aromatic heterocycles. The lowest BCUT2D eigenvalue weighted by Crippen LogP contribution is -2.65. The largest absolute Gasteiger partial charge is 0.331 e. The molecule has 2 amide bonds. The van der Waals surface area contributed by atoms with Gasteiger partial charge in [-0.05, 0) is 19.9 Å². The zero-order valence-electron chi connectivity index (χ0n) is 13.5. The van der Waals surface area contributed by atoms with Gasteiger partial charge in [-0.25, -0.2) is 4.79 Å². The van der Waals surface area contributed by atoms with Gasteiger partial charge in [-0.2, -0.15) is 5.26 Å². The van der Waals surface area contributed by atoms with E-state index in [4.69, 9.17) is 5.26 Å². The van der Waals surface area contributed by atoms with Crippen LogP contribution in [0.5, 0.6) is 0 Å². The highest BCUT2D eigenvalue weighted by Crippen LogP contribution is 2.32. The molecule has 0 N–H and O–H groups in total. The van der Waals surface area contributed by atoms with Crippen LogP contribution in [-0.4, -0.2) is 91.6 Å². The molecule has 0 radical (unpaired) electrons. The van der Waals surface area contributed by atoms with Gasteiger partial charge < -0.3 is 14.7 Å². The Kier molecular flexibility index (Phi) is 5.07. The number of carbonyl (C=O) groups is 1. The van der Waals surface area contributed by atoms with Crippen molar-refractivity contribution in [3.63, 3.8) is 0 Å². The lowest BCUT2D eigenvalue weighted by atomic mass is 9.83. The number of nitriles is 1. The number of urea groups is 1. The molecule has 21 heavy (non-hydrogen) atoms. The number of carbonyl (C=O) groups excluding carboxylic acids is 1. The molecule has 0 aromatic carbocycles. The minimum atomic E-state index is 0.109. The number of piperidine rings is 1. The van der Waals surface area contributed by atoms with E-state index in [1.54, 1.807) is 19.0 Å². The molecule has 2 heterocycles. The van der Waals surface area contributed by atoms with Gasteiger partial charge in [0.05, 0.1) is 6.07 Å². The van der Waals surface area contributed by atoms with Crippen molar-refractivity contribution in [3.05, 3.63) is 0 Å². The standard InChI is InChI=1S/C15H27N5O/c1-17(2)14(21)19-9-5-15(6-10-19)13-18(3)11-12-20(15)8-4-7-16/h4-6,8-13H2,1-3H3. The minimum Gasteiger partial charge on any atom is -0.331 e. The minimum absolute atomic E-state index is 0.109. The normalized spacial score (nSPS) is 23.0. The maximum absolute atomic E-state index is 12.1. The first-order valence-electron chi connectivity index (χ1n) is 7.75. The predicted octanol–water partition coefficient (Wildman–Crippen LogP) is 0.664. The fraction of sp³-hybridized carbons (Fsp3) is 0.867. The van der Waals surface area contributed by atoms with E-state index in [-0.39, 0.29) is 11.6 Å². The van der Waals surface area contributed by atoms with Crippen molar-refractivity contribution in [1.29, 1.82) is 5.26 Å². The SMILES string of the molecule is CN1CCN(CCC#N)C2(CCN(C(=O)N(C)C)CC2)C1. The highest BCUT2D eigenvalue weighted by Gasteiger charge is 2.43. The van der Waals surface area contributed by atoms with Gasteiger partial charge in [0.15, 0.2) is 0 Å². The van der Waals surface area contributed by atoms with E-state index >= 15 is 0 Å². The molecule has 0 saturated carbocycles. The molecule has 118 valence electrons.